The predicted molar refractivity (Wildman–Crippen MR) is 104 cm³/mol. The van der Waals surface area contributed by atoms with Crippen LogP contribution in [0, 0.1) is 5.92 Å². The molecule has 0 aromatic heterocycles. The van der Waals surface area contributed by atoms with Gasteiger partial charge in [0, 0.05) is 25.3 Å². The second kappa shape index (κ2) is 10.0. The maximum atomic E-state index is 12.0. The van der Waals surface area contributed by atoms with E-state index in [4.69, 9.17) is 9.84 Å². The van der Waals surface area contributed by atoms with Crippen molar-refractivity contribution in [1.29, 1.82) is 0 Å². The number of benzene rings is 1. The molecule has 1 aliphatic heterocycles. The molecule has 0 atom stereocenters. The topological polar surface area (TPSA) is 78.9 Å². The van der Waals surface area contributed by atoms with E-state index < -0.39 is 11.6 Å². The van der Waals surface area contributed by atoms with Gasteiger partial charge in [0.2, 0.25) is 0 Å². The van der Waals surface area contributed by atoms with Crippen LogP contribution >= 0.6 is 0 Å². The van der Waals surface area contributed by atoms with Crippen molar-refractivity contribution in [2.45, 2.75) is 53.1 Å². The first-order valence-electron chi connectivity index (χ1n) is 9.30. The fourth-order valence-electron chi connectivity index (χ4n) is 2.67. The lowest BCUT2D eigenvalue weighted by atomic mass is 9.97. The van der Waals surface area contributed by atoms with Crippen LogP contribution in [0.25, 0.3) is 0 Å². The van der Waals surface area contributed by atoms with Crippen molar-refractivity contribution in [3.05, 3.63) is 29.8 Å². The van der Waals surface area contributed by atoms with Gasteiger partial charge in [0.05, 0.1) is 5.56 Å². The summed E-state index contributed by atoms with van der Waals surface area (Å²) in [6, 6.07) is 6.81. The fourth-order valence-corrected chi connectivity index (χ4v) is 2.67. The van der Waals surface area contributed by atoms with E-state index in [1.165, 1.54) is 0 Å². The molecule has 6 nitrogen and oxygen atoms in total. The zero-order valence-corrected chi connectivity index (χ0v) is 16.5. The Labute approximate surface area is 156 Å². The Kier molecular flexibility index (Phi) is 8.42. The second-order valence-electron chi connectivity index (χ2n) is 7.18. The maximum absolute atomic E-state index is 12.0. The van der Waals surface area contributed by atoms with E-state index in [-0.39, 0.29) is 11.7 Å². The van der Waals surface area contributed by atoms with Gasteiger partial charge in [-0.3, -0.25) is 0 Å². The molecule has 0 saturated carbocycles. The quantitative estimate of drug-likeness (QED) is 0.824. The van der Waals surface area contributed by atoms with E-state index in [2.05, 4.69) is 5.32 Å². The third-order valence-corrected chi connectivity index (χ3v) is 3.97. The van der Waals surface area contributed by atoms with E-state index in [1.807, 2.05) is 40.7 Å². The lowest BCUT2D eigenvalue weighted by Gasteiger charge is -2.33. The van der Waals surface area contributed by atoms with Crippen LogP contribution < -0.4 is 5.32 Å². The summed E-state index contributed by atoms with van der Waals surface area (Å²) in [5.41, 5.74) is 0.620. The number of aromatic carboxylic acids is 1. The number of amides is 1. The number of carbonyl (C=O) groups is 2. The van der Waals surface area contributed by atoms with Crippen LogP contribution in [0.2, 0.25) is 0 Å². The van der Waals surface area contributed by atoms with Crippen LogP contribution in [-0.4, -0.2) is 47.3 Å². The second-order valence-corrected chi connectivity index (χ2v) is 7.18. The van der Waals surface area contributed by atoms with Crippen LogP contribution in [0.1, 0.15) is 57.8 Å². The van der Waals surface area contributed by atoms with Gasteiger partial charge in [-0.1, -0.05) is 19.9 Å². The van der Waals surface area contributed by atoms with Gasteiger partial charge in [-0.2, -0.15) is 0 Å². The van der Waals surface area contributed by atoms with Gasteiger partial charge in [-0.15, -0.1) is 0 Å². The molecule has 1 saturated heterocycles. The highest BCUT2D eigenvalue weighted by Crippen LogP contribution is 2.21. The molecule has 0 aliphatic carbocycles. The third kappa shape index (κ3) is 7.33. The average Bonchev–Trinajstić information content (AvgIpc) is 2.61. The molecule has 6 heteroatoms. The van der Waals surface area contributed by atoms with Gasteiger partial charge < -0.3 is 20.1 Å². The van der Waals surface area contributed by atoms with E-state index in [9.17, 15) is 9.59 Å². The minimum atomic E-state index is -0.927. The third-order valence-electron chi connectivity index (χ3n) is 3.97. The number of nitrogens with one attached hydrogen (secondary N) is 1. The molecule has 2 N–H and O–H groups in total. The van der Waals surface area contributed by atoms with E-state index in [0.717, 1.165) is 25.1 Å². The number of rotatable bonds is 4. The standard InChI is InChI=1S/C18H26N2O4.C2H6/c1-18(2,3)24-17(23)20-9-7-13(8-10-20)12-19-15-6-4-5-14(11-15)16(21)22;1-2/h4-6,11,13,19H,7-10,12H2,1-3H3,(H,21,22);1-2H3. The van der Waals surface area contributed by atoms with Crippen LogP contribution in [0.5, 0.6) is 0 Å². The Balaban J connectivity index is 0.00000163. The highest BCUT2D eigenvalue weighted by Gasteiger charge is 2.26. The molecule has 1 amide bonds. The van der Waals surface area contributed by atoms with Crippen molar-refractivity contribution < 1.29 is 19.4 Å². The van der Waals surface area contributed by atoms with Gasteiger partial charge in [-0.25, -0.2) is 9.59 Å². The highest BCUT2D eigenvalue weighted by atomic mass is 16.6. The molecule has 1 fully saturated rings. The molecule has 1 aliphatic rings. The molecule has 1 aromatic carbocycles. The van der Waals surface area contributed by atoms with Crippen molar-refractivity contribution in [2.24, 2.45) is 5.92 Å². The van der Waals surface area contributed by atoms with Crippen molar-refractivity contribution in [1.82, 2.24) is 4.90 Å². The van der Waals surface area contributed by atoms with E-state index in [1.54, 1.807) is 23.1 Å². The largest absolute Gasteiger partial charge is 0.478 e. The summed E-state index contributed by atoms with van der Waals surface area (Å²) in [6.07, 6.45) is 1.57. The number of likely N-dealkylation sites (tertiary alicyclic amines) is 1. The Bertz CT molecular complexity index is 588. The van der Waals surface area contributed by atoms with Crippen LogP contribution in [0.15, 0.2) is 24.3 Å². The number of carbonyl (C=O) groups excluding carboxylic acids is 1. The zero-order valence-electron chi connectivity index (χ0n) is 16.5. The lowest BCUT2D eigenvalue weighted by molar-refractivity contribution is 0.0188. The molecule has 1 aromatic rings. The SMILES string of the molecule is CC.CC(C)(C)OC(=O)N1CCC(CNc2cccc(C(=O)O)c2)CC1. The maximum Gasteiger partial charge on any atom is 0.410 e. The summed E-state index contributed by atoms with van der Waals surface area (Å²) in [7, 11) is 0. The number of hydrogen-bond donors (Lipinski definition) is 2. The summed E-state index contributed by atoms with van der Waals surface area (Å²) in [6.45, 7) is 11.8. The number of carboxylic acid groups (broad SMARTS) is 1. The summed E-state index contributed by atoms with van der Waals surface area (Å²) in [4.78, 5) is 24.8. The van der Waals surface area contributed by atoms with Crippen molar-refractivity contribution >= 4 is 17.7 Å². The molecule has 0 bridgehead atoms. The number of piperidine rings is 1. The summed E-state index contributed by atoms with van der Waals surface area (Å²) in [5, 5.41) is 12.3. The molecule has 146 valence electrons. The first-order chi connectivity index (χ1) is 12.2. The number of nitrogens with zero attached hydrogens (tertiary/aromatic N) is 1. The van der Waals surface area contributed by atoms with Crippen LogP contribution in [-0.2, 0) is 4.74 Å². The normalized spacial score (nSPS) is 14.9. The first-order valence-corrected chi connectivity index (χ1v) is 9.30. The predicted octanol–water partition coefficient (Wildman–Crippen LogP) is 4.47. The Morgan fingerprint density at radius 2 is 1.85 bits per heavy atom. The van der Waals surface area contributed by atoms with Gasteiger partial charge in [-0.05, 0) is 57.7 Å². The first kappa shape index (κ1) is 21.8. The van der Waals surface area contributed by atoms with E-state index >= 15 is 0 Å². The molecule has 1 heterocycles. The average molecular weight is 364 g/mol. The number of anilines is 1. The lowest BCUT2D eigenvalue weighted by Crippen LogP contribution is -2.42. The fraction of sp³-hybridized carbons (Fsp3) is 0.600. The summed E-state index contributed by atoms with van der Waals surface area (Å²) in [5.74, 6) is -0.471. The minimum Gasteiger partial charge on any atom is -0.478 e. The number of carboxylic acids is 1. The molecule has 26 heavy (non-hydrogen) atoms. The van der Waals surface area contributed by atoms with Gasteiger partial charge in [0.25, 0.3) is 0 Å². The van der Waals surface area contributed by atoms with Gasteiger partial charge in [0.1, 0.15) is 5.60 Å². The van der Waals surface area contributed by atoms with Crippen LogP contribution in [0.3, 0.4) is 0 Å². The van der Waals surface area contributed by atoms with E-state index in [0.29, 0.717) is 19.0 Å². The smallest absolute Gasteiger partial charge is 0.410 e. The van der Waals surface area contributed by atoms with Crippen molar-refractivity contribution in [3.63, 3.8) is 0 Å². The Morgan fingerprint density at radius 3 is 2.38 bits per heavy atom. The Hall–Kier alpha value is -2.24. The molecule has 0 unspecified atom stereocenters. The monoisotopic (exact) mass is 364 g/mol. The van der Waals surface area contributed by atoms with Crippen molar-refractivity contribution in [2.75, 3.05) is 25.0 Å². The number of ether oxygens (including phenoxy) is 1. The summed E-state index contributed by atoms with van der Waals surface area (Å²) >= 11 is 0. The summed E-state index contributed by atoms with van der Waals surface area (Å²) < 4.78 is 5.39. The van der Waals surface area contributed by atoms with Gasteiger partial charge in [0.15, 0.2) is 0 Å². The minimum absolute atomic E-state index is 0.247. The van der Waals surface area contributed by atoms with Crippen LogP contribution in [0.4, 0.5) is 10.5 Å². The highest BCUT2D eigenvalue weighted by molar-refractivity contribution is 5.88. The van der Waals surface area contributed by atoms with Gasteiger partial charge >= 0.3 is 12.1 Å². The molecule has 2 rings (SSSR count). The molecule has 0 radical (unpaired) electrons. The Morgan fingerprint density at radius 1 is 1.23 bits per heavy atom. The molecular weight excluding hydrogens is 332 g/mol. The zero-order chi connectivity index (χ0) is 19.7. The van der Waals surface area contributed by atoms with Crippen molar-refractivity contribution in [3.8, 4) is 0 Å². The number of hydrogen-bond acceptors (Lipinski definition) is 4. The molecular formula is C20H32N2O4. The molecule has 0 spiro atoms.